The molecule has 2 aliphatic heterocycles. The second-order valence-corrected chi connectivity index (χ2v) is 9.15. The number of thiocarbonyl (C=S) groups is 1. The lowest BCUT2D eigenvalue weighted by atomic mass is 10.1. The molecule has 0 radical (unpaired) electrons. The highest BCUT2D eigenvalue weighted by molar-refractivity contribution is 8.26. The maximum absolute atomic E-state index is 13.4. The minimum atomic E-state index is -0.153. The van der Waals surface area contributed by atoms with Gasteiger partial charge in [0.25, 0.3) is 11.5 Å². The zero-order chi connectivity index (χ0) is 20.5. The number of aryl methyl sites for hydroxylation is 1. The molecule has 1 amide bonds. The number of nitrogens with zero attached hydrogens (tertiary/aromatic N) is 4. The van der Waals surface area contributed by atoms with Gasteiger partial charge in [0.15, 0.2) is 0 Å². The Kier molecular flexibility index (Phi) is 5.74. The summed E-state index contributed by atoms with van der Waals surface area (Å²) in [4.78, 5) is 35.3. The Morgan fingerprint density at radius 2 is 1.97 bits per heavy atom. The highest BCUT2D eigenvalue weighted by atomic mass is 32.2. The minimum absolute atomic E-state index is 0.125. The molecule has 152 valence electrons. The van der Waals surface area contributed by atoms with E-state index in [2.05, 4.69) is 4.90 Å². The van der Waals surface area contributed by atoms with Gasteiger partial charge in [-0.1, -0.05) is 37.0 Å². The maximum atomic E-state index is 13.4. The molecular weight excluding hydrogens is 404 g/mol. The molecule has 0 saturated carbocycles. The number of piperidine rings is 1. The van der Waals surface area contributed by atoms with Crippen LogP contribution in [0, 0.1) is 6.92 Å². The summed E-state index contributed by atoms with van der Waals surface area (Å²) in [6, 6.07) is 3.83. The fraction of sp³-hybridized carbons (Fsp3) is 0.429. The van der Waals surface area contributed by atoms with Gasteiger partial charge in [-0.15, -0.1) is 0 Å². The van der Waals surface area contributed by atoms with Crippen molar-refractivity contribution in [3.63, 3.8) is 0 Å². The van der Waals surface area contributed by atoms with Crippen LogP contribution in [0.3, 0.4) is 0 Å². The second-order valence-electron chi connectivity index (χ2n) is 7.47. The van der Waals surface area contributed by atoms with E-state index in [0.717, 1.165) is 37.9 Å². The first-order valence-corrected chi connectivity index (χ1v) is 11.3. The third kappa shape index (κ3) is 3.83. The number of carbonyl (C=O) groups excluding carboxylic acids is 1. The topological polar surface area (TPSA) is 57.9 Å². The molecule has 2 aromatic heterocycles. The van der Waals surface area contributed by atoms with Crippen LogP contribution in [0.5, 0.6) is 0 Å². The molecule has 2 aromatic rings. The third-order valence-corrected chi connectivity index (χ3v) is 6.62. The molecule has 0 unspecified atom stereocenters. The number of pyridine rings is 1. The number of hydrogen-bond acceptors (Lipinski definition) is 6. The molecule has 0 atom stereocenters. The zero-order valence-corrected chi connectivity index (χ0v) is 18.3. The van der Waals surface area contributed by atoms with Crippen LogP contribution in [-0.4, -0.2) is 44.1 Å². The summed E-state index contributed by atoms with van der Waals surface area (Å²) in [6.45, 7) is 6.28. The molecule has 4 heterocycles. The maximum Gasteiger partial charge on any atom is 0.267 e. The first-order valence-electron chi connectivity index (χ1n) is 10.0. The van der Waals surface area contributed by atoms with E-state index in [1.807, 2.05) is 26.0 Å². The first-order chi connectivity index (χ1) is 14.0. The Balaban J connectivity index is 1.87. The molecule has 0 bridgehead atoms. The van der Waals surface area contributed by atoms with Gasteiger partial charge in [0.1, 0.15) is 15.8 Å². The predicted octanol–water partition coefficient (Wildman–Crippen LogP) is 3.60. The van der Waals surface area contributed by atoms with Crippen molar-refractivity contribution in [2.75, 3.05) is 24.5 Å². The Hall–Kier alpha value is -2.19. The average Bonchev–Trinajstić information content (AvgIpc) is 2.99. The Morgan fingerprint density at radius 3 is 2.69 bits per heavy atom. The number of carbonyl (C=O) groups is 1. The smallest absolute Gasteiger partial charge is 0.267 e. The third-order valence-electron chi connectivity index (χ3n) is 5.24. The fourth-order valence-electron chi connectivity index (χ4n) is 3.77. The van der Waals surface area contributed by atoms with Gasteiger partial charge in [-0.05, 0) is 50.3 Å². The number of amides is 1. The van der Waals surface area contributed by atoms with Crippen molar-refractivity contribution in [2.24, 2.45) is 0 Å². The van der Waals surface area contributed by atoms with E-state index in [0.29, 0.717) is 32.8 Å². The van der Waals surface area contributed by atoms with E-state index in [1.54, 1.807) is 21.6 Å². The van der Waals surface area contributed by atoms with Gasteiger partial charge in [0.05, 0.1) is 10.5 Å². The minimum Gasteiger partial charge on any atom is -0.356 e. The summed E-state index contributed by atoms with van der Waals surface area (Å²) >= 11 is 6.64. The predicted molar refractivity (Wildman–Crippen MR) is 122 cm³/mol. The number of aromatic nitrogens is 2. The lowest BCUT2D eigenvalue weighted by molar-refractivity contribution is -0.122. The van der Waals surface area contributed by atoms with Crippen LogP contribution < -0.4 is 10.5 Å². The molecule has 6 nitrogen and oxygen atoms in total. The molecule has 0 spiro atoms. The van der Waals surface area contributed by atoms with Crippen molar-refractivity contribution >= 4 is 51.7 Å². The summed E-state index contributed by atoms with van der Waals surface area (Å²) in [5.41, 5.74) is 1.91. The fourth-order valence-corrected chi connectivity index (χ4v) is 5.06. The van der Waals surface area contributed by atoms with E-state index < -0.39 is 0 Å². The highest BCUT2D eigenvalue weighted by Gasteiger charge is 2.32. The molecule has 2 saturated heterocycles. The number of thioether (sulfide) groups is 1. The summed E-state index contributed by atoms with van der Waals surface area (Å²) in [7, 11) is 0. The molecular formula is C21H24N4O2S2. The quantitative estimate of drug-likeness (QED) is 0.548. The van der Waals surface area contributed by atoms with Crippen molar-refractivity contribution < 1.29 is 4.79 Å². The van der Waals surface area contributed by atoms with Gasteiger partial charge in [0.2, 0.25) is 0 Å². The molecule has 29 heavy (non-hydrogen) atoms. The standard InChI is InChI=1S/C21H24N4O2S2/c1-3-9-24-20(27)16(29-21(24)28)12-15-18(23-10-5-4-6-11-23)22-17-8-7-14(2)13-25(17)19(15)26/h7-8,12-13H,3-6,9-11H2,1-2H3/b16-12+. The number of hydrogen-bond donors (Lipinski definition) is 0. The van der Waals surface area contributed by atoms with Gasteiger partial charge in [-0.25, -0.2) is 4.98 Å². The van der Waals surface area contributed by atoms with Gasteiger partial charge < -0.3 is 4.90 Å². The summed E-state index contributed by atoms with van der Waals surface area (Å²) < 4.78 is 2.12. The Morgan fingerprint density at radius 1 is 1.21 bits per heavy atom. The van der Waals surface area contributed by atoms with Crippen molar-refractivity contribution in [3.05, 3.63) is 44.7 Å². The van der Waals surface area contributed by atoms with Crippen molar-refractivity contribution in [2.45, 2.75) is 39.5 Å². The first kappa shape index (κ1) is 20.1. The van der Waals surface area contributed by atoms with Gasteiger partial charge in [-0.3, -0.25) is 18.9 Å². The van der Waals surface area contributed by atoms with E-state index in [4.69, 9.17) is 17.2 Å². The molecule has 4 rings (SSSR count). The largest absolute Gasteiger partial charge is 0.356 e. The molecule has 2 aliphatic rings. The van der Waals surface area contributed by atoms with Gasteiger partial charge in [-0.2, -0.15) is 0 Å². The SMILES string of the molecule is CCCN1C(=O)/C(=C\c2c(N3CCCCC3)nc3ccc(C)cn3c2=O)SC1=S. The van der Waals surface area contributed by atoms with Gasteiger partial charge in [0, 0.05) is 25.8 Å². The second kappa shape index (κ2) is 8.28. The van der Waals surface area contributed by atoms with E-state index in [9.17, 15) is 9.59 Å². The lowest BCUT2D eigenvalue weighted by Crippen LogP contribution is -2.33. The molecule has 2 fully saturated rings. The number of rotatable bonds is 4. The average molecular weight is 429 g/mol. The van der Waals surface area contributed by atoms with Gasteiger partial charge >= 0.3 is 0 Å². The zero-order valence-electron chi connectivity index (χ0n) is 16.7. The highest BCUT2D eigenvalue weighted by Crippen LogP contribution is 2.33. The summed E-state index contributed by atoms with van der Waals surface area (Å²) in [6.07, 6.45) is 7.67. The molecule has 0 aliphatic carbocycles. The summed E-state index contributed by atoms with van der Waals surface area (Å²) in [5.74, 6) is 0.541. The Bertz CT molecular complexity index is 1070. The van der Waals surface area contributed by atoms with E-state index in [1.165, 1.54) is 18.2 Å². The summed E-state index contributed by atoms with van der Waals surface area (Å²) in [5, 5.41) is 0. The van der Waals surface area contributed by atoms with E-state index >= 15 is 0 Å². The van der Waals surface area contributed by atoms with Crippen molar-refractivity contribution in [3.8, 4) is 0 Å². The molecule has 0 aromatic carbocycles. The normalized spacial score (nSPS) is 19.0. The Labute approximate surface area is 179 Å². The number of fused-ring (bicyclic) bond motifs is 1. The van der Waals surface area contributed by atoms with Crippen molar-refractivity contribution in [1.82, 2.24) is 14.3 Å². The van der Waals surface area contributed by atoms with Crippen LogP contribution in [0.2, 0.25) is 0 Å². The van der Waals surface area contributed by atoms with Crippen LogP contribution in [-0.2, 0) is 4.79 Å². The molecule has 8 heteroatoms. The van der Waals surface area contributed by atoms with Crippen LogP contribution >= 0.6 is 24.0 Å². The van der Waals surface area contributed by atoms with E-state index in [-0.39, 0.29) is 11.5 Å². The van der Waals surface area contributed by atoms with Crippen LogP contribution in [0.25, 0.3) is 11.7 Å². The number of anilines is 1. The van der Waals surface area contributed by atoms with Crippen molar-refractivity contribution in [1.29, 1.82) is 0 Å². The molecule has 0 N–H and O–H groups in total. The lowest BCUT2D eigenvalue weighted by Gasteiger charge is -2.29. The monoisotopic (exact) mass is 428 g/mol. The van der Waals surface area contributed by atoms with Crippen LogP contribution in [0.15, 0.2) is 28.0 Å². The van der Waals surface area contributed by atoms with Crippen LogP contribution in [0.4, 0.5) is 5.82 Å². The van der Waals surface area contributed by atoms with Crippen LogP contribution in [0.1, 0.15) is 43.7 Å².